The van der Waals surface area contributed by atoms with Gasteiger partial charge in [0, 0.05) is 30.9 Å². The highest BCUT2D eigenvalue weighted by atomic mass is 31.2. The number of hydrogen-bond donors (Lipinski definition) is 8. The summed E-state index contributed by atoms with van der Waals surface area (Å²) in [5.74, 6) is 27.9. The molecule has 0 aromatic rings. The van der Waals surface area contributed by atoms with E-state index in [1.807, 2.05) is 5.92 Å². The zero-order valence-corrected chi connectivity index (χ0v) is 34.6. The Labute approximate surface area is 365 Å². The van der Waals surface area contributed by atoms with Gasteiger partial charge in [0.25, 0.3) is 0 Å². The van der Waals surface area contributed by atoms with Gasteiger partial charge >= 0.3 is 27.6 Å². The van der Waals surface area contributed by atoms with Crippen LogP contribution in [0.1, 0.15) is 115 Å². The van der Waals surface area contributed by atoms with Crippen molar-refractivity contribution in [3.8, 4) is 83.4 Å². The van der Waals surface area contributed by atoms with Gasteiger partial charge in [-0.25, -0.2) is 13.9 Å². The first-order valence-electron chi connectivity index (χ1n) is 18.6. The molecule has 1 aliphatic carbocycles. The standard InChI is InChI=1S/C40H50O16P2.H3N.13H2/c1-3-5-7-9-11-13-15-17-19-21-23-25-27-29-34(42)54-32(30-52-33(41)28-26-24-22-20-18-16-14-12-10-8-6-4-2)31-53-58(50,51)56-40-37(45)35(43)39(36(44)38(40)46)55-57(47,48)49;;;;;;;;;;;;;;/h2,32,35-40,43-46H,3,5,7,9,11,13,15,17,19,21,23,25,27,29-31H2,1H3,(H,50,51)(H2,47,48,49);1H3;13*1H/t32-,35+,36?,37?,38+,39?,40?;;;;;;;;;;;;;;/m1............../s1. The Balaban J connectivity index is -0.000000200. The van der Waals surface area contributed by atoms with Crippen LogP contribution in [-0.2, 0) is 41.8 Å². The van der Waals surface area contributed by atoms with E-state index in [0.29, 0.717) is 6.42 Å². The number of ether oxygens (including phenoxy) is 2. The summed E-state index contributed by atoms with van der Waals surface area (Å²) in [6.07, 6.45) is 3.85. The number of carbonyl (C=O) groups excluding carboxylic acids is 2. The molecule has 1 aliphatic rings. The Morgan fingerprint density at radius 2 is 1.03 bits per heavy atom. The molecule has 1 rings (SSSR count). The highest BCUT2D eigenvalue weighted by Gasteiger charge is 2.54. The Morgan fingerprint density at radius 1 is 0.627 bits per heavy atom. The van der Waals surface area contributed by atoms with Crippen molar-refractivity contribution >= 4 is 27.6 Å². The molecule has 8 atom stereocenters. The van der Waals surface area contributed by atoms with Gasteiger partial charge in [-0.3, -0.25) is 18.4 Å². The Morgan fingerprint density at radius 3 is 1.47 bits per heavy atom. The molecule has 19 heteroatoms. The van der Waals surface area contributed by atoms with Crippen LogP contribution in [0.2, 0.25) is 0 Å². The number of aliphatic hydroxyl groups excluding tert-OH is 4. The van der Waals surface area contributed by atoms with E-state index in [0.717, 1.165) is 32.1 Å². The molecule has 10 N–H and O–H groups in total. The van der Waals surface area contributed by atoms with Crippen molar-refractivity contribution in [3.63, 3.8) is 0 Å². The third-order valence-electron chi connectivity index (χ3n) is 8.03. The van der Waals surface area contributed by atoms with Crippen molar-refractivity contribution < 1.29 is 95.4 Å². The van der Waals surface area contributed by atoms with Gasteiger partial charge in [0.05, 0.1) is 6.61 Å². The van der Waals surface area contributed by atoms with E-state index in [-0.39, 0.29) is 31.1 Å². The van der Waals surface area contributed by atoms with Gasteiger partial charge in [-0.05, 0) is 77.5 Å². The molecule has 59 heavy (non-hydrogen) atoms. The summed E-state index contributed by atoms with van der Waals surface area (Å²) >= 11 is 0. The van der Waals surface area contributed by atoms with E-state index in [9.17, 15) is 44.0 Å². The van der Waals surface area contributed by atoms with Crippen LogP contribution in [0, 0.1) is 83.4 Å². The molecule has 0 aromatic heterocycles. The predicted octanol–water partition coefficient (Wildman–Crippen LogP) is 5.37. The molecule has 0 aromatic carbocycles. The van der Waals surface area contributed by atoms with Crippen LogP contribution in [-0.4, -0.2) is 103 Å². The average Bonchev–Trinajstić information content (AvgIpc) is 3.17. The van der Waals surface area contributed by atoms with E-state index in [1.165, 1.54) is 44.9 Å². The summed E-state index contributed by atoms with van der Waals surface area (Å²) < 4.78 is 48.2. The molecule has 350 valence electrons. The lowest BCUT2D eigenvalue weighted by Crippen LogP contribution is -2.64. The number of carbonyl (C=O) groups is 2. The fraction of sp³-hybridized carbons (Fsp3) is 0.600. The largest absolute Gasteiger partial charge is 0.472 e. The van der Waals surface area contributed by atoms with E-state index in [1.54, 1.807) is 0 Å². The number of phosphoric ester groups is 2. The second-order valence-electron chi connectivity index (χ2n) is 12.7. The Bertz CT molecular complexity index is 1870. The lowest BCUT2D eigenvalue weighted by atomic mass is 9.85. The molecule has 0 bridgehead atoms. The van der Waals surface area contributed by atoms with Crippen LogP contribution in [0.25, 0.3) is 0 Å². The van der Waals surface area contributed by atoms with E-state index < -0.39 is 83.5 Å². The van der Waals surface area contributed by atoms with Gasteiger partial charge < -0.3 is 50.7 Å². The van der Waals surface area contributed by atoms with Crippen LogP contribution >= 0.6 is 15.6 Å². The summed E-state index contributed by atoms with van der Waals surface area (Å²) in [6, 6.07) is 0. The third kappa shape index (κ3) is 26.6. The predicted molar refractivity (Wildman–Crippen MR) is 241 cm³/mol. The topological polar surface area (TPSA) is 291 Å². The minimum Gasteiger partial charge on any atom is -0.456 e. The SMILES string of the molecule is C#CC#CC#CC#CC#CC#CC#CC(=O)OC[C@H](COP(=O)(O)OC1C(O)[C@H](O)C(OP(=O)(O)O)C(O)[C@@H]1O)OC(=O)CCCCCCCCCCCCCCC.N.[HH].[HH].[HH].[HH].[HH].[HH].[HH].[HH].[HH].[HH].[HH].[HH].[HH]. The number of aliphatic hydroxyl groups is 4. The quantitative estimate of drug-likeness (QED) is 0.0199. The molecule has 0 radical (unpaired) electrons. The number of phosphoric acid groups is 2. The van der Waals surface area contributed by atoms with Crippen LogP contribution < -0.4 is 6.15 Å². The van der Waals surface area contributed by atoms with E-state index in [4.69, 9.17) is 34.7 Å². The monoisotopic (exact) mass is 891 g/mol. The van der Waals surface area contributed by atoms with Crippen molar-refractivity contribution in [1.82, 2.24) is 6.15 Å². The summed E-state index contributed by atoms with van der Waals surface area (Å²) in [5, 5.41) is 41.2. The molecule has 0 aliphatic heterocycles. The average molecular weight is 892 g/mol. The smallest absolute Gasteiger partial charge is 0.456 e. The minimum absolute atomic E-state index is 0. The maximum Gasteiger partial charge on any atom is 0.472 e. The zero-order valence-electron chi connectivity index (χ0n) is 32.8. The maximum atomic E-state index is 12.8. The first-order valence-corrected chi connectivity index (χ1v) is 21.6. The van der Waals surface area contributed by atoms with Gasteiger partial charge in [0.2, 0.25) is 0 Å². The molecular formula is C40H79NO16P2. The Kier molecular flexibility index (Phi) is 29.5. The number of hydrogen-bond acceptors (Lipinski definition) is 14. The molecule has 17 nitrogen and oxygen atoms in total. The Hall–Kier alpha value is -4.12. The number of terminal acetylenes is 1. The van der Waals surface area contributed by atoms with Crippen LogP contribution in [0.4, 0.5) is 0 Å². The van der Waals surface area contributed by atoms with E-state index in [2.05, 4.69) is 82.5 Å². The normalized spacial score (nSPS) is 20.5. The van der Waals surface area contributed by atoms with Gasteiger partial charge in [-0.1, -0.05) is 84.0 Å². The first kappa shape index (κ1) is 54.9. The van der Waals surface area contributed by atoms with Gasteiger partial charge in [-0.15, -0.1) is 6.42 Å². The first-order chi connectivity index (χ1) is 27.6. The summed E-state index contributed by atoms with van der Waals surface area (Å²) in [6.45, 7) is 0.532. The molecular weight excluding hydrogens is 812 g/mol. The molecule has 0 heterocycles. The fourth-order valence-corrected chi connectivity index (χ4v) is 6.74. The van der Waals surface area contributed by atoms with Crippen molar-refractivity contribution in [2.75, 3.05) is 13.2 Å². The highest BCUT2D eigenvalue weighted by Crippen LogP contribution is 2.48. The van der Waals surface area contributed by atoms with Gasteiger partial charge in [-0.2, -0.15) is 0 Å². The highest BCUT2D eigenvalue weighted by molar-refractivity contribution is 7.47. The van der Waals surface area contributed by atoms with Crippen molar-refractivity contribution in [2.45, 2.75) is 140 Å². The summed E-state index contributed by atoms with van der Waals surface area (Å²) in [7, 11) is -10.7. The number of rotatable bonds is 24. The van der Waals surface area contributed by atoms with Crippen LogP contribution in [0.3, 0.4) is 0 Å². The lowest BCUT2D eigenvalue weighted by molar-refractivity contribution is -0.216. The summed E-state index contributed by atoms with van der Waals surface area (Å²) in [4.78, 5) is 53.3. The van der Waals surface area contributed by atoms with Crippen LogP contribution in [0.15, 0.2) is 0 Å². The molecule has 1 fully saturated rings. The third-order valence-corrected chi connectivity index (χ3v) is 9.53. The van der Waals surface area contributed by atoms with Crippen molar-refractivity contribution in [1.29, 1.82) is 0 Å². The molecule has 0 saturated heterocycles. The van der Waals surface area contributed by atoms with Crippen LogP contribution in [0.5, 0.6) is 0 Å². The molecule has 0 amide bonds. The molecule has 5 unspecified atom stereocenters. The maximum absolute atomic E-state index is 12.8. The van der Waals surface area contributed by atoms with Gasteiger partial charge in [0.1, 0.15) is 43.2 Å². The fourth-order valence-electron chi connectivity index (χ4n) is 5.20. The molecule has 1 saturated carbocycles. The van der Waals surface area contributed by atoms with Gasteiger partial charge in [0.15, 0.2) is 6.10 Å². The second kappa shape index (κ2) is 31.8. The van der Waals surface area contributed by atoms with Crippen molar-refractivity contribution in [2.24, 2.45) is 0 Å². The second-order valence-corrected chi connectivity index (χ2v) is 15.3. The lowest BCUT2D eigenvalue weighted by Gasteiger charge is -2.43. The zero-order chi connectivity index (χ0) is 43.2. The summed E-state index contributed by atoms with van der Waals surface area (Å²) in [5.41, 5.74) is 0. The van der Waals surface area contributed by atoms with E-state index >= 15 is 0 Å². The minimum atomic E-state index is -5.35. The molecule has 0 spiro atoms. The number of esters is 2. The van der Waals surface area contributed by atoms with Crippen molar-refractivity contribution in [3.05, 3.63) is 0 Å². The number of unbranched alkanes of at least 4 members (excludes halogenated alkanes) is 12.